The Balaban J connectivity index is 1.57. The van der Waals surface area contributed by atoms with E-state index in [4.69, 9.17) is 4.74 Å². The van der Waals surface area contributed by atoms with Gasteiger partial charge in [0.2, 0.25) is 5.91 Å². The molecule has 2 heterocycles. The van der Waals surface area contributed by atoms with E-state index in [0.29, 0.717) is 5.75 Å². The number of morpholine rings is 1. The molecule has 1 aromatic carbocycles. The number of benzene rings is 1. The summed E-state index contributed by atoms with van der Waals surface area (Å²) in [5.74, 6) is 0.862. The summed E-state index contributed by atoms with van der Waals surface area (Å²) in [4.78, 5) is 18.9. The van der Waals surface area contributed by atoms with E-state index in [1.54, 1.807) is 11.8 Å². The van der Waals surface area contributed by atoms with Crippen molar-refractivity contribution in [1.29, 1.82) is 0 Å². The zero-order valence-electron chi connectivity index (χ0n) is 14.6. The third-order valence-electron chi connectivity index (χ3n) is 4.64. The highest BCUT2D eigenvalue weighted by Gasteiger charge is 2.32. The molecule has 1 aromatic rings. The number of carbonyl (C=O) groups is 1. The number of rotatable bonds is 6. The van der Waals surface area contributed by atoms with Crippen LogP contribution in [0.2, 0.25) is 0 Å². The monoisotopic (exact) mass is 349 g/mol. The Hall–Kier alpha value is -1.24. The van der Waals surface area contributed by atoms with Gasteiger partial charge in [-0.15, -0.1) is 11.8 Å². The molecule has 0 N–H and O–H groups in total. The summed E-state index contributed by atoms with van der Waals surface area (Å²) in [7, 11) is 4.08. The molecule has 1 unspecified atom stereocenters. The number of nitrogens with zero attached hydrogens (tertiary/aromatic N) is 3. The van der Waals surface area contributed by atoms with E-state index in [-0.39, 0.29) is 11.3 Å². The van der Waals surface area contributed by atoms with Crippen molar-refractivity contribution in [2.75, 3.05) is 64.1 Å². The second-order valence-corrected chi connectivity index (χ2v) is 7.61. The fourth-order valence-electron chi connectivity index (χ4n) is 3.20. The second-order valence-electron chi connectivity index (χ2n) is 6.54. The van der Waals surface area contributed by atoms with E-state index < -0.39 is 0 Å². The highest BCUT2D eigenvalue weighted by atomic mass is 32.2. The number of hydrogen-bond donors (Lipinski definition) is 0. The molecule has 0 radical (unpaired) electrons. The molecule has 3 rings (SSSR count). The summed E-state index contributed by atoms with van der Waals surface area (Å²) in [6.07, 6.45) is 1.03. The van der Waals surface area contributed by atoms with E-state index in [1.165, 1.54) is 11.3 Å². The van der Waals surface area contributed by atoms with E-state index in [9.17, 15) is 4.79 Å². The smallest absolute Gasteiger partial charge is 0.233 e. The molecule has 2 aliphatic heterocycles. The lowest BCUT2D eigenvalue weighted by atomic mass is 10.1. The molecule has 0 bridgehead atoms. The Labute approximate surface area is 148 Å². The quantitative estimate of drug-likeness (QED) is 0.786. The minimum absolute atomic E-state index is 0.165. The number of amides is 1. The predicted molar refractivity (Wildman–Crippen MR) is 99.6 cm³/mol. The standard InChI is InChI=1S/C18H27N3O2S/c1-19(2)16-6-4-15(5-7-16)18-21(17(22)14-24-18)9-3-8-20-10-12-23-13-11-20/h4-7,18H,3,8-14H2,1-2H3. The van der Waals surface area contributed by atoms with Crippen molar-refractivity contribution in [1.82, 2.24) is 9.80 Å². The Kier molecular flexibility index (Phi) is 6.03. The van der Waals surface area contributed by atoms with Crippen LogP contribution < -0.4 is 4.90 Å². The summed E-state index contributed by atoms with van der Waals surface area (Å²) in [5.41, 5.74) is 2.41. The first kappa shape index (κ1) is 17.6. The first-order valence-corrected chi connectivity index (χ1v) is 9.68. The van der Waals surface area contributed by atoms with E-state index in [1.807, 2.05) is 14.1 Å². The molecule has 6 heteroatoms. The molecule has 2 saturated heterocycles. The fraction of sp³-hybridized carbons (Fsp3) is 0.611. The minimum atomic E-state index is 0.165. The third-order valence-corrected chi connectivity index (χ3v) is 5.90. The normalized spacial score (nSPS) is 22.2. The van der Waals surface area contributed by atoms with Crippen molar-refractivity contribution in [3.05, 3.63) is 29.8 Å². The van der Waals surface area contributed by atoms with Crippen molar-refractivity contribution in [3.8, 4) is 0 Å². The predicted octanol–water partition coefficient (Wildman–Crippen LogP) is 2.05. The van der Waals surface area contributed by atoms with Gasteiger partial charge in [-0.1, -0.05) is 12.1 Å². The SMILES string of the molecule is CN(C)c1ccc(C2SCC(=O)N2CCCN2CCOCC2)cc1. The zero-order valence-corrected chi connectivity index (χ0v) is 15.4. The Bertz CT molecular complexity index is 544. The van der Waals surface area contributed by atoms with Gasteiger partial charge in [0, 0.05) is 46.0 Å². The van der Waals surface area contributed by atoms with Crippen molar-refractivity contribution >= 4 is 23.4 Å². The van der Waals surface area contributed by atoms with Gasteiger partial charge >= 0.3 is 0 Å². The first-order valence-electron chi connectivity index (χ1n) is 8.63. The molecule has 0 aliphatic carbocycles. The molecular weight excluding hydrogens is 322 g/mol. The van der Waals surface area contributed by atoms with Crippen LogP contribution in [0, 0.1) is 0 Å². The van der Waals surface area contributed by atoms with Gasteiger partial charge < -0.3 is 14.5 Å². The van der Waals surface area contributed by atoms with Crippen molar-refractivity contribution in [2.24, 2.45) is 0 Å². The van der Waals surface area contributed by atoms with Crippen LogP contribution in [-0.2, 0) is 9.53 Å². The summed E-state index contributed by atoms with van der Waals surface area (Å²) in [5, 5.41) is 0.165. The molecule has 24 heavy (non-hydrogen) atoms. The van der Waals surface area contributed by atoms with Crippen LogP contribution in [0.1, 0.15) is 17.4 Å². The van der Waals surface area contributed by atoms with Crippen molar-refractivity contribution < 1.29 is 9.53 Å². The van der Waals surface area contributed by atoms with Crippen LogP contribution in [0.15, 0.2) is 24.3 Å². The Morgan fingerprint density at radius 3 is 2.54 bits per heavy atom. The van der Waals surface area contributed by atoms with Gasteiger partial charge in [-0.25, -0.2) is 0 Å². The van der Waals surface area contributed by atoms with Gasteiger partial charge in [-0.3, -0.25) is 9.69 Å². The molecule has 132 valence electrons. The molecule has 2 aliphatic rings. The molecule has 2 fully saturated rings. The first-order chi connectivity index (χ1) is 11.6. The van der Waals surface area contributed by atoms with Crippen LogP contribution in [-0.4, -0.2) is 74.9 Å². The average molecular weight is 350 g/mol. The molecule has 5 nitrogen and oxygen atoms in total. The van der Waals surface area contributed by atoms with E-state index >= 15 is 0 Å². The van der Waals surface area contributed by atoms with Crippen molar-refractivity contribution in [2.45, 2.75) is 11.8 Å². The zero-order chi connectivity index (χ0) is 16.9. The van der Waals surface area contributed by atoms with E-state index in [0.717, 1.165) is 45.8 Å². The summed E-state index contributed by atoms with van der Waals surface area (Å²) in [6, 6.07) is 8.57. The lowest BCUT2D eigenvalue weighted by molar-refractivity contribution is -0.128. The molecule has 0 spiro atoms. The number of thioether (sulfide) groups is 1. The summed E-state index contributed by atoms with van der Waals surface area (Å²) < 4.78 is 5.38. The van der Waals surface area contributed by atoms with Gasteiger partial charge in [0.1, 0.15) is 5.37 Å². The maximum Gasteiger partial charge on any atom is 0.233 e. The number of hydrogen-bond acceptors (Lipinski definition) is 5. The second kappa shape index (κ2) is 8.23. The van der Waals surface area contributed by atoms with E-state index in [2.05, 4.69) is 39.0 Å². The van der Waals surface area contributed by atoms with Crippen LogP contribution in [0.4, 0.5) is 5.69 Å². The third kappa shape index (κ3) is 4.23. The number of carbonyl (C=O) groups excluding carboxylic acids is 1. The van der Waals surface area contributed by atoms with Crippen LogP contribution in [0.3, 0.4) is 0 Å². The van der Waals surface area contributed by atoms with Gasteiger partial charge in [0.15, 0.2) is 0 Å². The summed E-state index contributed by atoms with van der Waals surface area (Å²) >= 11 is 1.74. The lowest BCUT2D eigenvalue weighted by Crippen LogP contribution is -2.38. The van der Waals surface area contributed by atoms with Crippen LogP contribution in [0.25, 0.3) is 0 Å². The maximum absolute atomic E-state index is 12.3. The summed E-state index contributed by atoms with van der Waals surface area (Å²) in [6.45, 7) is 5.57. The molecule has 1 atom stereocenters. The Morgan fingerprint density at radius 1 is 1.17 bits per heavy atom. The minimum Gasteiger partial charge on any atom is -0.379 e. The Morgan fingerprint density at radius 2 is 1.88 bits per heavy atom. The van der Waals surface area contributed by atoms with Crippen molar-refractivity contribution in [3.63, 3.8) is 0 Å². The van der Waals surface area contributed by atoms with Gasteiger partial charge in [-0.05, 0) is 24.1 Å². The largest absolute Gasteiger partial charge is 0.379 e. The van der Waals surface area contributed by atoms with Gasteiger partial charge in [-0.2, -0.15) is 0 Å². The van der Waals surface area contributed by atoms with Gasteiger partial charge in [0.25, 0.3) is 0 Å². The molecule has 0 aromatic heterocycles. The highest BCUT2D eigenvalue weighted by molar-refractivity contribution is 8.00. The highest BCUT2D eigenvalue weighted by Crippen LogP contribution is 2.39. The molecular formula is C18H27N3O2S. The lowest BCUT2D eigenvalue weighted by Gasteiger charge is -2.29. The maximum atomic E-state index is 12.3. The molecule has 0 saturated carbocycles. The number of anilines is 1. The molecule has 1 amide bonds. The fourth-order valence-corrected chi connectivity index (χ4v) is 4.42. The van der Waals surface area contributed by atoms with Crippen LogP contribution >= 0.6 is 11.8 Å². The average Bonchev–Trinajstić information content (AvgIpc) is 2.97. The topological polar surface area (TPSA) is 36.0 Å². The van der Waals surface area contributed by atoms with Gasteiger partial charge in [0.05, 0.1) is 19.0 Å². The van der Waals surface area contributed by atoms with Crippen LogP contribution in [0.5, 0.6) is 0 Å². The number of ether oxygens (including phenoxy) is 1.